The van der Waals surface area contributed by atoms with Crippen molar-refractivity contribution in [1.29, 1.82) is 0 Å². The van der Waals surface area contributed by atoms with Crippen LogP contribution in [-0.4, -0.2) is 34.6 Å². The molecule has 0 spiro atoms. The van der Waals surface area contributed by atoms with Gasteiger partial charge in [0.25, 0.3) is 0 Å². The Hall–Kier alpha value is -1.56. The molecular formula is C16H23N3O2S. The van der Waals surface area contributed by atoms with E-state index in [0.29, 0.717) is 5.82 Å². The molecule has 0 radical (unpaired) electrons. The number of aromatic carboxylic acids is 1. The van der Waals surface area contributed by atoms with Crippen LogP contribution >= 0.6 is 11.3 Å². The normalized spacial score (nSPS) is 19.2. The number of carboxylic acid groups (broad SMARTS) is 1. The molecule has 0 aromatic carbocycles. The number of aromatic nitrogens is 2. The van der Waals surface area contributed by atoms with Crippen molar-refractivity contribution in [3.8, 4) is 0 Å². The quantitative estimate of drug-likeness (QED) is 0.921. The maximum absolute atomic E-state index is 11.5. The van der Waals surface area contributed by atoms with Crippen molar-refractivity contribution in [2.24, 2.45) is 5.41 Å². The number of carbonyl (C=O) groups is 1. The number of thiazole rings is 1. The van der Waals surface area contributed by atoms with Crippen LogP contribution in [0.25, 0.3) is 4.96 Å². The van der Waals surface area contributed by atoms with Crippen molar-refractivity contribution in [2.45, 2.75) is 46.0 Å². The number of hydrogen-bond acceptors (Lipinski definition) is 4. The maximum atomic E-state index is 11.5. The van der Waals surface area contributed by atoms with Gasteiger partial charge in [0.15, 0.2) is 10.7 Å². The van der Waals surface area contributed by atoms with Gasteiger partial charge < -0.3 is 10.0 Å². The Labute approximate surface area is 134 Å². The Balaban J connectivity index is 2.36. The fourth-order valence-corrected chi connectivity index (χ4v) is 5.23. The fraction of sp³-hybridized carbons (Fsp3) is 0.625. The minimum Gasteiger partial charge on any atom is -0.476 e. The van der Waals surface area contributed by atoms with Crippen LogP contribution in [0.5, 0.6) is 0 Å². The van der Waals surface area contributed by atoms with Crippen molar-refractivity contribution < 1.29 is 9.90 Å². The van der Waals surface area contributed by atoms with E-state index in [4.69, 9.17) is 0 Å². The summed E-state index contributed by atoms with van der Waals surface area (Å²) in [6.07, 6.45) is 2.07. The molecule has 22 heavy (non-hydrogen) atoms. The highest BCUT2D eigenvalue weighted by Crippen LogP contribution is 2.49. The summed E-state index contributed by atoms with van der Waals surface area (Å²) in [5.74, 6) is -0.295. The molecule has 0 atom stereocenters. The van der Waals surface area contributed by atoms with Gasteiger partial charge in [0.2, 0.25) is 0 Å². The minimum absolute atomic E-state index is 0.0927. The second-order valence-electron chi connectivity index (χ2n) is 7.88. The number of hydrogen-bond donors (Lipinski definition) is 1. The number of anilines is 1. The van der Waals surface area contributed by atoms with Gasteiger partial charge >= 0.3 is 5.97 Å². The Kier molecular flexibility index (Phi) is 3.12. The predicted octanol–water partition coefficient (Wildman–Crippen LogP) is 3.41. The van der Waals surface area contributed by atoms with Crippen molar-refractivity contribution in [2.75, 3.05) is 19.0 Å². The third kappa shape index (κ3) is 2.12. The summed E-state index contributed by atoms with van der Waals surface area (Å²) in [6.45, 7) is 9.11. The Morgan fingerprint density at radius 3 is 2.50 bits per heavy atom. The van der Waals surface area contributed by atoms with Crippen LogP contribution in [0.3, 0.4) is 0 Å². The minimum atomic E-state index is -0.970. The molecule has 0 fully saturated rings. The van der Waals surface area contributed by atoms with Crippen molar-refractivity contribution in [1.82, 2.24) is 9.38 Å². The summed E-state index contributed by atoms with van der Waals surface area (Å²) in [7, 11) is 3.75. The summed E-state index contributed by atoms with van der Waals surface area (Å²) in [5, 5.41) is 9.45. The lowest BCUT2D eigenvalue weighted by atomic mass is 9.67. The van der Waals surface area contributed by atoms with E-state index in [2.05, 4.69) is 37.1 Å². The largest absolute Gasteiger partial charge is 0.476 e. The molecule has 0 bridgehead atoms. The maximum Gasteiger partial charge on any atom is 0.358 e. The molecular weight excluding hydrogens is 298 g/mol. The van der Waals surface area contributed by atoms with Gasteiger partial charge in [-0.2, -0.15) is 0 Å². The van der Waals surface area contributed by atoms with E-state index in [1.54, 1.807) is 11.3 Å². The van der Waals surface area contributed by atoms with Crippen LogP contribution in [0.1, 0.15) is 55.2 Å². The topological polar surface area (TPSA) is 57.8 Å². The highest BCUT2D eigenvalue weighted by Gasteiger charge is 2.41. The zero-order valence-electron chi connectivity index (χ0n) is 14.0. The molecule has 0 amide bonds. The molecule has 6 heteroatoms. The molecule has 120 valence electrons. The second-order valence-corrected chi connectivity index (χ2v) is 8.86. The number of nitrogens with zero attached hydrogens (tertiary/aromatic N) is 3. The number of imidazole rings is 1. The molecule has 1 aliphatic carbocycles. The molecule has 0 unspecified atom stereocenters. The predicted molar refractivity (Wildman–Crippen MR) is 89.5 cm³/mol. The van der Waals surface area contributed by atoms with Gasteiger partial charge in [-0.3, -0.25) is 4.40 Å². The van der Waals surface area contributed by atoms with Gasteiger partial charge in [0.1, 0.15) is 5.82 Å². The Morgan fingerprint density at radius 1 is 1.32 bits per heavy atom. The number of fused-ring (bicyclic) bond motifs is 3. The first kappa shape index (κ1) is 15.3. The summed E-state index contributed by atoms with van der Waals surface area (Å²) >= 11 is 1.64. The Morgan fingerprint density at radius 2 is 1.95 bits per heavy atom. The van der Waals surface area contributed by atoms with Crippen LogP contribution < -0.4 is 4.90 Å². The zero-order chi connectivity index (χ0) is 16.4. The molecule has 0 saturated heterocycles. The molecule has 2 heterocycles. The molecule has 1 N–H and O–H groups in total. The second kappa shape index (κ2) is 4.47. The van der Waals surface area contributed by atoms with Crippen molar-refractivity contribution in [3.63, 3.8) is 0 Å². The first-order valence-corrected chi connectivity index (χ1v) is 8.30. The summed E-state index contributed by atoms with van der Waals surface area (Å²) in [5.41, 5.74) is 1.65. The van der Waals surface area contributed by atoms with E-state index < -0.39 is 5.97 Å². The third-order valence-corrected chi connectivity index (χ3v) is 5.80. The van der Waals surface area contributed by atoms with E-state index in [0.717, 1.165) is 17.8 Å². The summed E-state index contributed by atoms with van der Waals surface area (Å²) in [4.78, 5) is 19.9. The number of rotatable bonds is 2. The molecule has 2 aromatic heterocycles. The molecule has 0 aliphatic heterocycles. The van der Waals surface area contributed by atoms with Gasteiger partial charge in [0, 0.05) is 30.1 Å². The highest BCUT2D eigenvalue weighted by molar-refractivity contribution is 7.17. The highest BCUT2D eigenvalue weighted by atomic mass is 32.1. The summed E-state index contributed by atoms with van der Waals surface area (Å²) < 4.78 is 2.06. The third-order valence-electron chi connectivity index (χ3n) is 4.36. The molecule has 3 rings (SSSR count). The van der Waals surface area contributed by atoms with Crippen LogP contribution in [0.2, 0.25) is 0 Å². The lowest BCUT2D eigenvalue weighted by molar-refractivity contribution is 0.0692. The lowest BCUT2D eigenvalue weighted by Crippen LogP contribution is -2.34. The van der Waals surface area contributed by atoms with Gasteiger partial charge in [-0.15, -0.1) is 11.3 Å². The van der Waals surface area contributed by atoms with Crippen LogP contribution in [0, 0.1) is 5.41 Å². The molecule has 2 aromatic rings. The van der Waals surface area contributed by atoms with E-state index >= 15 is 0 Å². The summed E-state index contributed by atoms with van der Waals surface area (Å²) in [6, 6.07) is 0. The average molecular weight is 321 g/mol. The monoisotopic (exact) mass is 321 g/mol. The van der Waals surface area contributed by atoms with Gasteiger partial charge in [-0.1, -0.05) is 27.7 Å². The van der Waals surface area contributed by atoms with E-state index in [-0.39, 0.29) is 16.5 Å². The van der Waals surface area contributed by atoms with Crippen molar-refractivity contribution >= 4 is 28.1 Å². The van der Waals surface area contributed by atoms with E-state index in [9.17, 15) is 9.90 Å². The molecule has 1 aliphatic rings. The lowest BCUT2D eigenvalue weighted by Gasteiger charge is -2.40. The van der Waals surface area contributed by atoms with E-state index in [1.807, 2.05) is 19.0 Å². The zero-order valence-corrected chi connectivity index (χ0v) is 14.8. The van der Waals surface area contributed by atoms with Crippen molar-refractivity contribution in [3.05, 3.63) is 16.3 Å². The van der Waals surface area contributed by atoms with Gasteiger partial charge in [-0.25, -0.2) is 9.78 Å². The SMILES string of the molecule is CN(C)c1c(C(=O)O)nc2sc3c(n12)CC(C)(C)CC3(C)C. The van der Waals surface area contributed by atoms with Crippen LogP contribution in [0.4, 0.5) is 5.82 Å². The average Bonchev–Trinajstić information content (AvgIpc) is 2.83. The standard InChI is InChI=1S/C16H23N3O2S/c1-15(2)7-9-11(16(3,4)8-15)22-14-17-10(13(20)21)12(18(5)6)19(9)14/h7-8H2,1-6H3,(H,20,21). The molecule has 0 saturated carbocycles. The number of carboxylic acids is 1. The fourth-order valence-electron chi connectivity index (χ4n) is 3.99. The van der Waals surface area contributed by atoms with E-state index in [1.165, 1.54) is 10.6 Å². The first-order valence-electron chi connectivity index (χ1n) is 7.49. The van der Waals surface area contributed by atoms with Crippen LogP contribution in [-0.2, 0) is 11.8 Å². The van der Waals surface area contributed by atoms with Gasteiger partial charge in [0.05, 0.1) is 0 Å². The smallest absolute Gasteiger partial charge is 0.358 e. The first-order chi connectivity index (χ1) is 10.0. The Bertz CT molecular complexity index is 768. The molecule has 5 nitrogen and oxygen atoms in total. The van der Waals surface area contributed by atoms with Crippen LogP contribution in [0.15, 0.2) is 0 Å². The van der Waals surface area contributed by atoms with Gasteiger partial charge in [-0.05, 0) is 18.3 Å².